The summed E-state index contributed by atoms with van der Waals surface area (Å²) in [4.78, 5) is 31.4. The topological polar surface area (TPSA) is 53.1 Å². The van der Waals surface area contributed by atoms with Gasteiger partial charge in [0.15, 0.2) is 0 Å². The van der Waals surface area contributed by atoms with Crippen LogP contribution in [-0.2, 0) is 16.0 Å². The Balaban J connectivity index is 1.98. The lowest BCUT2D eigenvalue weighted by molar-refractivity contribution is -0.119. The summed E-state index contributed by atoms with van der Waals surface area (Å²) in [5.74, 6) is -0.676. The molecule has 3 rings (SSSR count). The highest BCUT2D eigenvalue weighted by molar-refractivity contribution is 6.19. The predicted octanol–water partition coefficient (Wildman–Crippen LogP) is 4.43. The van der Waals surface area contributed by atoms with E-state index in [4.69, 9.17) is 4.74 Å². The third-order valence-electron chi connectivity index (χ3n) is 5.13. The molecule has 0 aromatic heterocycles. The maximum atomic E-state index is 13.4. The molecule has 0 fully saturated rings. The first-order chi connectivity index (χ1) is 14.0. The highest BCUT2D eigenvalue weighted by Gasteiger charge is 2.42. The van der Waals surface area contributed by atoms with E-state index in [2.05, 4.69) is 0 Å². The Hall–Kier alpha value is -3.02. The van der Waals surface area contributed by atoms with Crippen LogP contribution >= 0.6 is 0 Å². The minimum atomic E-state index is -0.679. The smallest absolute Gasteiger partial charge is 0.421 e. The fourth-order valence-electron chi connectivity index (χ4n) is 3.57. The van der Waals surface area contributed by atoms with Crippen LogP contribution in [0, 0.1) is 0 Å². The van der Waals surface area contributed by atoms with Gasteiger partial charge in [-0.15, -0.1) is 0 Å². The summed E-state index contributed by atoms with van der Waals surface area (Å²) >= 11 is 0. The van der Waals surface area contributed by atoms with Gasteiger partial charge in [-0.05, 0) is 68.7 Å². The second-order valence-corrected chi connectivity index (χ2v) is 9.11. The van der Waals surface area contributed by atoms with Gasteiger partial charge in [0.25, 0.3) is 0 Å². The van der Waals surface area contributed by atoms with Gasteiger partial charge in [-0.1, -0.05) is 12.1 Å². The molecule has 1 heterocycles. The Morgan fingerprint density at radius 2 is 1.53 bits per heavy atom. The third kappa shape index (κ3) is 4.42. The molecule has 0 aliphatic carbocycles. The summed E-state index contributed by atoms with van der Waals surface area (Å²) in [6.45, 7) is 5.39. The van der Waals surface area contributed by atoms with Crippen LogP contribution in [0.4, 0.5) is 21.9 Å². The van der Waals surface area contributed by atoms with Crippen molar-refractivity contribution in [2.45, 2.75) is 38.7 Å². The van der Waals surface area contributed by atoms with Crippen LogP contribution in [0.25, 0.3) is 0 Å². The minimum absolute atomic E-state index is 0.244. The van der Waals surface area contributed by atoms with Crippen molar-refractivity contribution < 1.29 is 14.3 Å². The molecule has 0 bridgehead atoms. The van der Waals surface area contributed by atoms with Crippen LogP contribution in [0.2, 0.25) is 0 Å². The molecule has 6 nitrogen and oxygen atoms in total. The molecule has 0 saturated heterocycles. The lowest BCUT2D eigenvalue weighted by atomic mass is 9.92. The summed E-state index contributed by atoms with van der Waals surface area (Å²) < 4.78 is 5.52. The summed E-state index contributed by atoms with van der Waals surface area (Å²) in [6, 6.07) is 13.9. The molecule has 2 amide bonds. The molecular formula is C24H31N3O3. The molecule has 0 N–H and O–H groups in total. The minimum Gasteiger partial charge on any atom is -0.443 e. The predicted molar refractivity (Wildman–Crippen MR) is 122 cm³/mol. The summed E-state index contributed by atoms with van der Waals surface area (Å²) in [6.07, 6.45) is -0.104. The zero-order valence-electron chi connectivity index (χ0n) is 18.9. The van der Waals surface area contributed by atoms with E-state index in [0.717, 1.165) is 22.5 Å². The molecule has 0 saturated carbocycles. The molecular weight excluding hydrogens is 378 g/mol. The number of rotatable bonds is 4. The van der Waals surface area contributed by atoms with Crippen LogP contribution in [0.15, 0.2) is 42.5 Å². The molecule has 2 aromatic carbocycles. The second kappa shape index (κ2) is 8.01. The summed E-state index contributed by atoms with van der Waals surface area (Å²) in [7, 11) is 7.90. The number of ether oxygens (including phenoxy) is 1. The number of fused-ring (bicyclic) bond motifs is 1. The van der Waals surface area contributed by atoms with E-state index in [1.54, 1.807) is 20.8 Å². The van der Waals surface area contributed by atoms with Crippen molar-refractivity contribution in [3.05, 3.63) is 53.6 Å². The Bertz CT molecular complexity index is 943. The molecule has 1 unspecified atom stereocenters. The lowest BCUT2D eigenvalue weighted by Gasteiger charge is -2.24. The van der Waals surface area contributed by atoms with Crippen LogP contribution in [0.5, 0.6) is 0 Å². The van der Waals surface area contributed by atoms with Gasteiger partial charge in [0, 0.05) is 39.6 Å². The summed E-state index contributed by atoms with van der Waals surface area (Å²) in [5.41, 5.74) is 3.92. The molecule has 30 heavy (non-hydrogen) atoms. The number of hydrogen-bond acceptors (Lipinski definition) is 5. The van der Waals surface area contributed by atoms with E-state index in [1.165, 1.54) is 4.90 Å². The number of benzene rings is 2. The first kappa shape index (κ1) is 21.7. The van der Waals surface area contributed by atoms with E-state index in [0.29, 0.717) is 12.1 Å². The van der Waals surface area contributed by atoms with Gasteiger partial charge < -0.3 is 14.5 Å². The normalized spacial score (nSPS) is 15.8. The van der Waals surface area contributed by atoms with Gasteiger partial charge in [0.05, 0.1) is 11.6 Å². The van der Waals surface area contributed by atoms with E-state index in [9.17, 15) is 9.59 Å². The zero-order valence-corrected chi connectivity index (χ0v) is 18.9. The number of nitrogens with zero attached hydrogens (tertiary/aromatic N) is 3. The fourth-order valence-corrected chi connectivity index (χ4v) is 3.57. The first-order valence-corrected chi connectivity index (χ1v) is 10.1. The number of hydrogen-bond donors (Lipinski definition) is 0. The van der Waals surface area contributed by atoms with Crippen molar-refractivity contribution in [3.63, 3.8) is 0 Å². The first-order valence-electron chi connectivity index (χ1n) is 10.1. The maximum Gasteiger partial charge on any atom is 0.421 e. The van der Waals surface area contributed by atoms with Crippen LogP contribution in [0.3, 0.4) is 0 Å². The van der Waals surface area contributed by atoms with Crippen LogP contribution in [-0.4, -0.2) is 45.8 Å². The zero-order chi connectivity index (χ0) is 22.2. The highest BCUT2D eigenvalue weighted by Crippen LogP contribution is 2.42. The largest absolute Gasteiger partial charge is 0.443 e. The standard InChI is InChI=1S/C24H31N3O3/c1-24(2,3)30-23(29)27-21-13-12-18(26(6)7)15-19(21)20(22(27)28)14-16-8-10-17(11-9-16)25(4)5/h8-13,15,20H,14H2,1-7H3. The van der Waals surface area contributed by atoms with Crippen molar-refractivity contribution in [2.75, 3.05) is 42.9 Å². The van der Waals surface area contributed by atoms with Gasteiger partial charge in [-0.2, -0.15) is 0 Å². The monoisotopic (exact) mass is 409 g/mol. The number of anilines is 3. The van der Waals surface area contributed by atoms with Gasteiger partial charge in [-0.3, -0.25) is 4.79 Å². The van der Waals surface area contributed by atoms with E-state index in [-0.39, 0.29) is 5.91 Å². The van der Waals surface area contributed by atoms with Crippen molar-refractivity contribution in [1.82, 2.24) is 0 Å². The Morgan fingerprint density at radius 1 is 0.967 bits per heavy atom. The SMILES string of the molecule is CN(C)c1ccc(CC2C(=O)N(C(=O)OC(C)(C)C)c3ccc(N(C)C)cc32)cc1. The van der Waals surface area contributed by atoms with Crippen molar-refractivity contribution >= 4 is 29.1 Å². The quantitative estimate of drug-likeness (QED) is 0.748. The fraction of sp³-hybridized carbons (Fsp3) is 0.417. The molecule has 160 valence electrons. The van der Waals surface area contributed by atoms with Gasteiger partial charge >= 0.3 is 6.09 Å². The lowest BCUT2D eigenvalue weighted by Crippen LogP contribution is -2.39. The van der Waals surface area contributed by atoms with Crippen molar-refractivity contribution in [2.24, 2.45) is 0 Å². The molecule has 6 heteroatoms. The molecule has 2 aromatic rings. The van der Waals surface area contributed by atoms with Crippen molar-refractivity contribution in [1.29, 1.82) is 0 Å². The third-order valence-corrected chi connectivity index (χ3v) is 5.13. The van der Waals surface area contributed by atoms with E-state index in [1.807, 2.05) is 80.5 Å². The molecule has 0 spiro atoms. The highest BCUT2D eigenvalue weighted by atomic mass is 16.6. The molecule has 1 aliphatic heterocycles. The van der Waals surface area contributed by atoms with Crippen LogP contribution in [0.1, 0.15) is 37.8 Å². The number of carbonyl (C=O) groups excluding carboxylic acids is 2. The van der Waals surface area contributed by atoms with Gasteiger partial charge in [-0.25, -0.2) is 9.69 Å². The van der Waals surface area contributed by atoms with Gasteiger partial charge in [0.1, 0.15) is 5.60 Å². The summed E-state index contributed by atoms with van der Waals surface area (Å²) in [5, 5.41) is 0. The molecule has 0 radical (unpaired) electrons. The van der Waals surface area contributed by atoms with E-state index < -0.39 is 17.6 Å². The Kier molecular flexibility index (Phi) is 5.79. The molecule has 1 aliphatic rings. The average Bonchev–Trinajstić information content (AvgIpc) is 2.92. The van der Waals surface area contributed by atoms with Crippen molar-refractivity contribution in [3.8, 4) is 0 Å². The number of amides is 2. The molecule has 1 atom stereocenters. The van der Waals surface area contributed by atoms with E-state index >= 15 is 0 Å². The second-order valence-electron chi connectivity index (χ2n) is 9.11. The Labute approximate surface area is 179 Å². The van der Waals surface area contributed by atoms with Gasteiger partial charge in [0.2, 0.25) is 5.91 Å². The van der Waals surface area contributed by atoms with Crippen LogP contribution < -0.4 is 14.7 Å². The average molecular weight is 410 g/mol. The Morgan fingerprint density at radius 3 is 2.07 bits per heavy atom. The maximum absolute atomic E-state index is 13.4. The number of carbonyl (C=O) groups is 2. The number of imide groups is 1.